The lowest BCUT2D eigenvalue weighted by molar-refractivity contribution is 0.467. The zero-order chi connectivity index (χ0) is 20.5. The fraction of sp³-hybridized carbons (Fsp3) is 0.500. The summed E-state index contributed by atoms with van der Waals surface area (Å²) in [6.45, 7) is 4.38. The predicted molar refractivity (Wildman–Crippen MR) is 127 cm³/mol. The van der Waals surface area contributed by atoms with Crippen molar-refractivity contribution in [3.05, 3.63) is 47.5 Å². The first-order valence-electron chi connectivity index (χ1n) is 11.4. The van der Waals surface area contributed by atoms with Gasteiger partial charge in [0.05, 0.1) is 15.8 Å². The molecule has 2 aromatic carbocycles. The van der Waals surface area contributed by atoms with Crippen molar-refractivity contribution < 1.29 is 5.11 Å². The topological polar surface area (TPSA) is 33.1 Å². The summed E-state index contributed by atoms with van der Waals surface area (Å²) in [4.78, 5) is 4.74. The average Bonchev–Trinajstić information content (AvgIpc) is 3.15. The van der Waals surface area contributed by atoms with Crippen LogP contribution in [-0.2, 0) is 6.42 Å². The Morgan fingerprint density at radius 2 is 1.52 bits per heavy atom. The van der Waals surface area contributed by atoms with Crippen LogP contribution in [0.2, 0.25) is 0 Å². The number of nitrogens with zero attached hydrogens (tertiary/aromatic N) is 1. The Morgan fingerprint density at radius 3 is 2.21 bits per heavy atom. The van der Waals surface area contributed by atoms with Crippen LogP contribution in [0.25, 0.3) is 20.8 Å². The molecule has 0 saturated heterocycles. The normalized spacial score (nSPS) is 11.4. The molecule has 0 aliphatic rings. The number of aromatic hydroxyl groups is 1. The van der Waals surface area contributed by atoms with E-state index in [-0.39, 0.29) is 0 Å². The minimum atomic E-state index is 0.422. The lowest BCUT2D eigenvalue weighted by Crippen LogP contribution is -1.92. The van der Waals surface area contributed by atoms with Crippen molar-refractivity contribution in [3.8, 4) is 16.3 Å². The molecule has 0 saturated carbocycles. The van der Waals surface area contributed by atoms with Crippen molar-refractivity contribution >= 4 is 21.6 Å². The highest BCUT2D eigenvalue weighted by Gasteiger charge is 2.14. The van der Waals surface area contributed by atoms with Crippen molar-refractivity contribution in [2.45, 2.75) is 84.5 Å². The molecule has 0 bridgehead atoms. The van der Waals surface area contributed by atoms with Gasteiger partial charge in [0.15, 0.2) is 0 Å². The molecule has 156 valence electrons. The predicted octanol–water partition coefficient (Wildman–Crippen LogP) is 8.44. The first kappa shape index (κ1) is 21.8. The van der Waals surface area contributed by atoms with Gasteiger partial charge in [-0.25, -0.2) is 4.98 Å². The van der Waals surface area contributed by atoms with Gasteiger partial charge in [-0.2, -0.15) is 0 Å². The second-order valence-electron chi connectivity index (χ2n) is 8.24. The van der Waals surface area contributed by atoms with Crippen LogP contribution >= 0.6 is 11.3 Å². The largest absolute Gasteiger partial charge is 0.507 e. The zero-order valence-electron chi connectivity index (χ0n) is 18.0. The van der Waals surface area contributed by atoms with Gasteiger partial charge in [-0.05, 0) is 49.1 Å². The van der Waals surface area contributed by atoms with Crippen LogP contribution in [0.3, 0.4) is 0 Å². The smallest absolute Gasteiger partial charge is 0.129 e. The molecule has 1 aromatic heterocycles. The maximum Gasteiger partial charge on any atom is 0.129 e. The molecule has 3 rings (SSSR count). The number of rotatable bonds is 12. The molecule has 3 heteroatoms. The summed E-state index contributed by atoms with van der Waals surface area (Å²) >= 11 is 1.66. The van der Waals surface area contributed by atoms with E-state index in [4.69, 9.17) is 4.98 Å². The van der Waals surface area contributed by atoms with Crippen LogP contribution < -0.4 is 0 Å². The summed E-state index contributed by atoms with van der Waals surface area (Å²) in [7, 11) is 0. The van der Waals surface area contributed by atoms with Gasteiger partial charge in [-0.15, -0.1) is 11.3 Å². The zero-order valence-corrected chi connectivity index (χ0v) is 18.9. The average molecular weight is 410 g/mol. The lowest BCUT2D eigenvalue weighted by Gasteiger charge is -2.10. The molecule has 0 spiro atoms. The van der Waals surface area contributed by atoms with E-state index >= 15 is 0 Å². The van der Waals surface area contributed by atoms with E-state index in [0.29, 0.717) is 5.75 Å². The first-order chi connectivity index (χ1) is 14.2. The fourth-order valence-corrected chi connectivity index (χ4v) is 4.98. The van der Waals surface area contributed by atoms with Crippen molar-refractivity contribution in [1.82, 2.24) is 4.98 Å². The number of thiazole rings is 1. The van der Waals surface area contributed by atoms with Crippen LogP contribution in [0, 0.1) is 6.92 Å². The molecule has 0 unspecified atom stereocenters. The number of hydrogen-bond acceptors (Lipinski definition) is 3. The molecule has 0 amide bonds. The Hall–Kier alpha value is -1.87. The highest BCUT2D eigenvalue weighted by Crippen LogP contribution is 2.38. The van der Waals surface area contributed by atoms with Crippen molar-refractivity contribution in [1.29, 1.82) is 0 Å². The van der Waals surface area contributed by atoms with E-state index in [0.717, 1.165) is 34.5 Å². The second kappa shape index (κ2) is 11.3. The van der Waals surface area contributed by atoms with E-state index < -0.39 is 0 Å². The minimum Gasteiger partial charge on any atom is -0.507 e. The number of unbranched alkanes of at least 4 members (excludes halogenated alkanes) is 9. The molecule has 0 atom stereocenters. The Kier molecular flexibility index (Phi) is 8.54. The van der Waals surface area contributed by atoms with E-state index in [9.17, 15) is 5.11 Å². The second-order valence-corrected chi connectivity index (χ2v) is 9.27. The van der Waals surface area contributed by atoms with Crippen LogP contribution in [-0.4, -0.2) is 10.1 Å². The summed E-state index contributed by atoms with van der Waals surface area (Å²) in [6.07, 6.45) is 14.3. The van der Waals surface area contributed by atoms with E-state index in [1.54, 1.807) is 11.3 Å². The monoisotopic (exact) mass is 409 g/mol. The fourth-order valence-electron chi connectivity index (χ4n) is 4.00. The standard InChI is InChI=1S/C26H35NOS/c1-3-4-5-6-7-8-9-10-11-12-15-21-18-20(2)19-22(25(21)28)26-27-23-16-13-14-17-24(23)29-26/h13-14,16-19,28H,3-12,15H2,1-2H3. The molecule has 1 heterocycles. The summed E-state index contributed by atoms with van der Waals surface area (Å²) in [5.41, 5.74) is 4.15. The quantitative estimate of drug-likeness (QED) is 0.304. The number of para-hydroxylation sites is 1. The molecule has 29 heavy (non-hydrogen) atoms. The Labute approximate surface area is 180 Å². The molecule has 1 N–H and O–H groups in total. The highest BCUT2D eigenvalue weighted by molar-refractivity contribution is 7.21. The van der Waals surface area contributed by atoms with E-state index in [2.05, 4.69) is 32.0 Å². The van der Waals surface area contributed by atoms with Gasteiger partial charge in [0.2, 0.25) is 0 Å². The summed E-state index contributed by atoms with van der Waals surface area (Å²) in [6, 6.07) is 12.4. The van der Waals surface area contributed by atoms with Gasteiger partial charge >= 0.3 is 0 Å². The number of hydrogen-bond donors (Lipinski definition) is 1. The number of aromatic nitrogens is 1. The summed E-state index contributed by atoms with van der Waals surface area (Å²) in [5.74, 6) is 0.422. The van der Waals surface area contributed by atoms with Crippen LogP contribution in [0.4, 0.5) is 0 Å². The van der Waals surface area contributed by atoms with Gasteiger partial charge in [-0.3, -0.25) is 0 Å². The van der Waals surface area contributed by atoms with E-state index in [1.165, 1.54) is 68.1 Å². The number of phenolic OH excluding ortho intramolecular Hbond substituents is 1. The maximum atomic E-state index is 10.9. The third kappa shape index (κ3) is 6.30. The van der Waals surface area contributed by atoms with Gasteiger partial charge < -0.3 is 5.11 Å². The third-order valence-corrected chi connectivity index (χ3v) is 6.73. The number of fused-ring (bicyclic) bond motifs is 1. The van der Waals surface area contributed by atoms with Gasteiger partial charge in [0, 0.05) is 0 Å². The van der Waals surface area contributed by atoms with Gasteiger partial charge in [0.1, 0.15) is 10.8 Å². The Bertz CT molecular complexity index is 866. The number of aryl methyl sites for hydroxylation is 2. The van der Waals surface area contributed by atoms with Crippen LogP contribution in [0.5, 0.6) is 5.75 Å². The maximum absolute atomic E-state index is 10.9. The first-order valence-corrected chi connectivity index (χ1v) is 12.2. The van der Waals surface area contributed by atoms with E-state index in [1.807, 2.05) is 18.2 Å². The van der Waals surface area contributed by atoms with Crippen molar-refractivity contribution in [2.75, 3.05) is 0 Å². The lowest BCUT2D eigenvalue weighted by atomic mass is 9.99. The molecule has 0 aliphatic carbocycles. The molecular weight excluding hydrogens is 374 g/mol. The SMILES string of the molecule is CCCCCCCCCCCCc1cc(C)cc(-c2nc3ccccc3s2)c1O. The Morgan fingerprint density at radius 1 is 0.862 bits per heavy atom. The molecular formula is C26H35NOS. The van der Waals surface area contributed by atoms with Gasteiger partial charge in [0.25, 0.3) is 0 Å². The summed E-state index contributed by atoms with van der Waals surface area (Å²) < 4.78 is 1.17. The highest BCUT2D eigenvalue weighted by atomic mass is 32.1. The molecule has 2 nitrogen and oxygen atoms in total. The van der Waals surface area contributed by atoms with Gasteiger partial charge in [-0.1, -0.05) is 82.9 Å². The Balaban J connectivity index is 1.51. The molecule has 3 aromatic rings. The van der Waals surface area contributed by atoms with Crippen LogP contribution in [0.15, 0.2) is 36.4 Å². The molecule has 0 radical (unpaired) electrons. The summed E-state index contributed by atoms with van der Waals surface area (Å²) in [5, 5.41) is 11.8. The van der Waals surface area contributed by atoms with Crippen molar-refractivity contribution in [3.63, 3.8) is 0 Å². The third-order valence-electron chi connectivity index (χ3n) is 5.66. The molecule has 0 fully saturated rings. The molecule has 0 aliphatic heterocycles. The van der Waals surface area contributed by atoms with Crippen molar-refractivity contribution in [2.24, 2.45) is 0 Å². The van der Waals surface area contributed by atoms with Crippen LogP contribution in [0.1, 0.15) is 82.3 Å². The minimum absolute atomic E-state index is 0.422. The number of benzene rings is 2. The number of phenols is 1.